The van der Waals surface area contributed by atoms with Crippen LogP contribution < -0.4 is 0 Å². The van der Waals surface area contributed by atoms with Crippen LogP contribution in [0.25, 0.3) is 0 Å². The zero-order valence-electron chi connectivity index (χ0n) is 5.50. The first-order valence-electron chi connectivity index (χ1n) is 3.13. The molecule has 0 radical (unpaired) electrons. The van der Waals surface area contributed by atoms with Gasteiger partial charge in [0.15, 0.2) is 0 Å². The van der Waals surface area contributed by atoms with E-state index < -0.39 is 12.8 Å². The molecule has 2 heteroatoms. The van der Waals surface area contributed by atoms with Crippen LogP contribution in [-0.4, -0.2) is 11.8 Å². The second-order valence-electron chi connectivity index (χ2n) is 2.08. The van der Waals surface area contributed by atoms with Gasteiger partial charge in [0.05, 0.1) is 0 Å². The number of rotatable bonds is 2. The third kappa shape index (κ3) is 1.54. The first-order chi connectivity index (χ1) is 4.84. The topological polar surface area (TPSA) is 20.2 Å². The number of benzene rings is 1. The molecule has 1 nitrogen and oxygen atoms in total. The highest BCUT2D eigenvalue weighted by atomic mass is 19.1. The molecule has 1 aromatic carbocycles. The molecule has 1 N–H and O–H groups in total. The molecule has 1 rings (SSSR count). The molecule has 1 aromatic rings. The Morgan fingerprint density at radius 3 is 2.40 bits per heavy atom. The predicted octanol–water partition coefficient (Wildman–Crippen LogP) is 1.69. The van der Waals surface area contributed by atoms with Crippen molar-refractivity contribution in [2.45, 2.75) is 6.10 Å². The van der Waals surface area contributed by atoms with E-state index in [1.807, 2.05) is 6.07 Å². The summed E-state index contributed by atoms with van der Waals surface area (Å²) < 4.78 is 11.8. The van der Waals surface area contributed by atoms with Crippen LogP contribution in [0.5, 0.6) is 0 Å². The lowest BCUT2D eigenvalue weighted by Gasteiger charge is -2.03. The molecule has 0 aromatic heterocycles. The monoisotopic (exact) mass is 140 g/mol. The van der Waals surface area contributed by atoms with Crippen molar-refractivity contribution < 1.29 is 9.50 Å². The van der Waals surface area contributed by atoms with E-state index in [0.29, 0.717) is 5.56 Å². The fourth-order valence-electron chi connectivity index (χ4n) is 0.764. The summed E-state index contributed by atoms with van der Waals surface area (Å²) in [6, 6.07) is 8.77. The molecule has 0 aliphatic heterocycles. The Kier molecular flexibility index (Phi) is 2.40. The Morgan fingerprint density at radius 2 is 1.90 bits per heavy atom. The van der Waals surface area contributed by atoms with Crippen molar-refractivity contribution in [1.82, 2.24) is 0 Å². The normalized spacial score (nSPS) is 13.0. The third-order valence-corrected chi connectivity index (χ3v) is 1.33. The molecule has 0 saturated carbocycles. The second-order valence-corrected chi connectivity index (χ2v) is 2.08. The fourth-order valence-corrected chi connectivity index (χ4v) is 0.764. The predicted molar refractivity (Wildman–Crippen MR) is 37.4 cm³/mol. The van der Waals surface area contributed by atoms with Crippen LogP contribution in [0.1, 0.15) is 11.7 Å². The maximum Gasteiger partial charge on any atom is 0.119 e. The van der Waals surface area contributed by atoms with E-state index in [4.69, 9.17) is 5.11 Å². The van der Waals surface area contributed by atoms with Gasteiger partial charge in [0.25, 0.3) is 0 Å². The van der Waals surface area contributed by atoms with Gasteiger partial charge in [-0.1, -0.05) is 30.3 Å². The van der Waals surface area contributed by atoms with E-state index in [1.54, 1.807) is 24.3 Å². The van der Waals surface area contributed by atoms with E-state index in [0.717, 1.165) is 0 Å². The fraction of sp³-hybridized carbons (Fsp3) is 0.250. The van der Waals surface area contributed by atoms with E-state index >= 15 is 0 Å². The highest BCUT2D eigenvalue weighted by molar-refractivity contribution is 5.16. The summed E-state index contributed by atoms with van der Waals surface area (Å²) in [5.74, 6) is 0. The average Bonchev–Trinajstić information content (AvgIpc) is 2.05. The summed E-state index contributed by atoms with van der Waals surface area (Å²) in [7, 11) is 0. The summed E-state index contributed by atoms with van der Waals surface area (Å²) in [4.78, 5) is 0. The maximum absolute atomic E-state index is 11.8. The number of hydrogen-bond donors (Lipinski definition) is 1. The van der Waals surface area contributed by atoms with Gasteiger partial charge in [0.1, 0.15) is 12.8 Å². The average molecular weight is 140 g/mol. The van der Waals surface area contributed by atoms with Crippen molar-refractivity contribution in [3.8, 4) is 0 Å². The van der Waals surface area contributed by atoms with Gasteiger partial charge in [0, 0.05) is 0 Å². The van der Waals surface area contributed by atoms with Crippen molar-refractivity contribution in [2.75, 3.05) is 6.67 Å². The van der Waals surface area contributed by atoms with Gasteiger partial charge >= 0.3 is 0 Å². The van der Waals surface area contributed by atoms with Gasteiger partial charge in [-0.2, -0.15) is 0 Å². The molecule has 0 unspecified atom stereocenters. The molecule has 0 amide bonds. The second kappa shape index (κ2) is 3.32. The van der Waals surface area contributed by atoms with Gasteiger partial charge < -0.3 is 5.11 Å². The smallest absolute Gasteiger partial charge is 0.119 e. The van der Waals surface area contributed by atoms with Crippen LogP contribution in [0.15, 0.2) is 30.3 Å². The first-order valence-corrected chi connectivity index (χ1v) is 3.13. The molecule has 0 saturated heterocycles. The van der Waals surface area contributed by atoms with Gasteiger partial charge in [0.2, 0.25) is 0 Å². The van der Waals surface area contributed by atoms with Crippen LogP contribution in [0.4, 0.5) is 4.39 Å². The standard InChI is InChI=1S/C8H9FO/c9-6-8(10)7-4-2-1-3-5-7/h1-5,8,10H,6H2/t8-/m1/s1. The molecular formula is C8H9FO. The van der Waals surface area contributed by atoms with E-state index in [1.165, 1.54) is 0 Å². The molecule has 0 aliphatic carbocycles. The van der Waals surface area contributed by atoms with Crippen LogP contribution in [0, 0.1) is 0 Å². The Labute approximate surface area is 59.1 Å². The van der Waals surface area contributed by atoms with Gasteiger partial charge in [-0.15, -0.1) is 0 Å². The summed E-state index contributed by atoms with van der Waals surface area (Å²) in [5.41, 5.74) is 0.630. The van der Waals surface area contributed by atoms with Crippen LogP contribution in [0.2, 0.25) is 0 Å². The molecule has 54 valence electrons. The molecule has 0 bridgehead atoms. The third-order valence-electron chi connectivity index (χ3n) is 1.33. The van der Waals surface area contributed by atoms with Crippen molar-refractivity contribution in [3.05, 3.63) is 35.9 Å². The minimum Gasteiger partial charge on any atom is -0.386 e. The largest absolute Gasteiger partial charge is 0.386 e. The summed E-state index contributed by atoms with van der Waals surface area (Å²) in [6.45, 7) is -0.718. The number of hydrogen-bond acceptors (Lipinski definition) is 1. The minimum absolute atomic E-state index is 0.630. The molecule has 1 atom stereocenters. The molecule has 0 aliphatic rings. The number of alkyl halides is 1. The molecular weight excluding hydrogens is 131 g/mol. The zero-order valence-corrected chi connectivity index (χ0v) is 5.50. The molecule has 10 heavy (non-hydrogen) atoms. The van der Waals surface area contributed by atoms with Gasteiger partial charge in [-0.25, -0.2) is 4.39 Å². The van der Waals surface area contributed by atoms with Crippen molar-refractivity contribution in [1.29, 1.82) is 0 Å². The molecule has 0 spiro atoms. The van der Waals surface area contributed by atoms with Gasteiger partial charge in [-0.05, 0) is 5.56 Å². The van der Waals surface area contributed by atoms with Crippen molar-refractivity contribution >= 4 is 0 Å². The van der Waals surface area contributed by atoms with Crippen LogP contribution in [0.3, 0.4) is 0 Å². The van der Waals surface area contributed by atoms with Crippen LogP contribution >= 0.6 is 0 Å². The van der Waals surface area contributed by atoms with E-state index in [9.17, 15) is 4.39 Å². The van der Waals surface area contributed by atoms with Crippen LogP contribution in [-0.2, 0) is 0 Å². The number of aliphatic hydroxyl groups is 1. The molecule has 0 fully saturated rings. The Hall–Kier alpha value is -0.890. The number of halogens is 1. The highest BCUT2D eigenvalue weighted by Gasteiger charge is 2.03. The SMILES string of the molecule is O[C@H](CF)c1ccccc1. The van der Waals surface area contributed by atoms with Gasteiger partial charge in [-0.3, -0.25) is 0 Å². The number of aliphatic hydroxyl groups excluding tert-OH is 1. The molecule has 0 heterocycles. The lowest BCUT2D eigenvalue weighted by Crippen LogP contribution is -1.97. The lowest BCUT2D eigenvalue weighted by molar-refractivity contribution is 0.142. The summed E-state index contributed by atoms with van der Waals surface area (Å²) in [5, 5.41) is 8.95. The summed E-state index contributed by atoms with van der Waals surface area (Å²) >= 11 is 0. The Balaban J connectivity index is 2.75. The minimum atomic E-state index is -0.957. The lowest BCUT2D eigenvalue weighted by atomic mass is 10.1. The van der Waals surface area contributed by atoms with E-state index in [2.05, 4.69) is 0 Å². The summed E-state index contributed by atoms with van der Waals surface area (Å²) in [6.07, 6.45) is -0.957. The highest BCUT2D eigenvalue weighted by Crippen LogP contribution is 2.11. The quantitative estimate of drug-likeness (QED) is 0.662. The van der Waals surface area contributed by atoms with Crippen molar-refractivity contribution in [3.63, 3.8) is 0 Å². The first kappa shape index (κ1) is 7.22. The zero-order chi connectivity index (χ0) is 7.40. The maximum atomic E-state index is 11.8. The Morgan fingerprint density at radius 1 is 1.30 bits per heavy atom. The van der Waals surface area contributed by atoms with E-state index in [-0.39, 0.29) is 0 Å². The van der Waals surface area contributed by atoms with Crippen molar-refractivity contribution in [2.24, 2.45) is 0 Å². The Bertz CT molecular complexity index is 186.